The first-order valence-electron chi connectivity index (χ1n) is 10.1. The van der Waals surface area contributed by atoms with Crippen molar-refractivity contribution in [1.29, 1.82) is 0 Å². The summed E-state index contributed by atoms with van der Waals surface area (Å²) in [6.07, 6.45) is 12.6. The van der Waals surface area contributed by atoms with E-state index in [0.717, 1.165) is 28.5 Å². The van der Waals surface area contributed by atoms with Gasteiger partial charge >= 0.3 is 0 Å². The van der Waals surface area contributed by atoms with Crippen LogP contribution in [0.1, 0.15) is 61.2 Å². The monoisotopic (exact) mass is 433 g/mol. The molecule has 6 rings (SSSR count). The van der Waals surface area contributed by atoms with Crippen LogP contribution in [0.2, 0.25) is 0 Å². The molecular formula is C19H23N5OS3. The van der Waals surface area contributed by atoms with E-state index >= 15 is 0 Å². The Bertz CT molecular complexity index is 933. The zero-order chi connectivity index (χ0) is 18.7. The number of hydrogen-bond acceptors (Lipinski definition) is 7. The first kappa shape index (κ1) is 17.7. The van der Waals surface area contributed by atoms with Crippen molar-refractivity contribution >= 4 is 33.9 Å². The van der Waals surface area contributed by atoms with Crippen LogP contribution in [0.4, 0.5) is 0 Å². The Morgan fingerprint density at radius 2 is 2.14 bits per heavy atom. The van der Waals surface area contributed by atoms with Gasteiger partial charge in [-0.1, -0.05) is 31.0 Å². The fraction of sp³-hybridized carbons (Fsp3) is 0.579. The van der Waals surface area contributed by atoms with Crippen LogP contribution >= 0.6 is 23.1 Å². The Kier molecular flexibility index (Phi) is 4.40. The lowest BCUT2D eigenvalue weighted by molar-refractivity contribution is 0.266. The number of aromatic nitrogens is 3. The van der Waals surface area contributed by atoms with Gasteiger partial charge in [-0.3, -0.25) is 15.0 Å². The van der Waals surface area contributed by atoms with Gasteiger partial charge in [0, 0.05) is 28.7 Å². The molecule has 2 N–H and O–H groups in total. The van der Waals surface area contributed by atoms with Gasteiger partial charge in [0.25, 0.3) is 0 Å². The summed E-state index contributed by atoms with van der Waals surface area (Å²) in [7, 11) is -0.929. The number of thioether (sulfide) groups is 1. The second kappa shape index (κ2) is 6.97. The predicted molar refractivity (Wildman–Crippen MR) is 114 cm³/mol. The summed E-state index contributed by atoms with van der Waals surface area (Å²) in [5, 5.41) is 7.56. The third-order valence-electron chi connectivity index (χ3n) is 6.48. The number of hydrogen-bond donors (Lipinski definition) is 2. The molecule has 2 fully saturated rings. The normalized spacial score (nSPS) is 33.3. The van der Waals surface area contributed by atoms with Crippen molar-refractivity contribution in [3.8, 4) is 0 Å². The Hall–Kier alpha value is -1.16. The van der Waals surface area contributed by atoms with E-state index in [1.807, 2.05) is 28.8 Å². The zero-order valence-corrected chi connectivity index (χ0v) is 17.9. The highest BCUT2D eigenvalue weighted by Gasteiger charge is 2.51. The summed E-state index contributed by atoms with van der Waals surface area (Å²) in [5.41, 5.74) is 5.95. The smallest absolute Gasteiger partial charge is 0.115 e. The fourth-order valence-corrected chi connectivity index (χ4v) is 9.67. The summed E-state index contributed by atoms with van der Waals surface area (Å²) in [5.74, 6) is 0.695. The lowest BCUT2D eigenvalue weighted by Crippen LogP contribution is -2.48. The van der Waals surface area contributed by atoms with Gasteiger partial charge < -0.3 is 0 Å². The minimum absolute atomic E-state index is 0.237. The van der Waals surface area contributed by atoms with Crippen LogP contribution in [-0.2, 0) is 10.8 Å². The van der Waals surface area contributed by atoms with E-state index in [-0.39, 0.29) is 11.4 Å². The highest BCUT2D eigenvalue weighted by Crippen LogP contribution is 2.56. The molecule has 0 spiro atoms. The summed E-state index contributed by atoms with van der Waals surface area (Å²) in [6, 6.07) is 0.240. The second-order valence-electron chi connectivity index (χ2n) is 8.05. The van der Waals surface area contributed by atoms with Crippen molar-refractivity contribution in [2.45, 2.75) is 61.1 Å². The van der Waals surface area contributed by atoms with E-state index in [4.69, 9.17) is 0 Å². The molecule has 1 aliphatic carbocycles. The summed E-state index contributed by atoms with van der Waals surface area (Å²) >= 11 is 3.51. The summed E-state index contributed by atoms with van der Waals surface area (Å²) < 4.78 is 16.6. The molecule has 0 aromatic carbocycles. The van der Waals surface area contributed by atoms with Gasteiger partial charge in [0.05, 0.1) is 44.0 Å². The van der Waals surface area contributed by atoms with Crippen LogP contribution in [0.15, 0.2) is 34.0 Å². The molecule has 0 radical (unpaired) electrons. The van der Waals surface area contributed by atoms with Gasteiger partial charge in [0.15, 0.2) is 0 Å². The average molecular weight is 434 g/mol. The Labute approximate surface area is 175 Å². The molecule has 5 heterocycles. The molecule has 4 unspecified atom stereocenters. The van der Waals surface area contributed by atoms with Crippen LogP contribution in [0.25, 0.3) is 0 Å². The van der Waals surface area contributed by atoms with Gasteiger partial charge in [0.2, 0.25) is 0 Å². The van der Waals surface area contributed by atoms with Crippen molar-refractivity contribution in [3.63, 3.8) is 0 Å². The molecule has 1 saturated carbocycles. The molecule has 4 aliphatic rings. The lowest BCUT2D eigenvalue weighted by atomic mass is 9.78. The van der Waals surface area contributed by atoms with Gasteiger partial charge in [-0.15, -0.1) is 11.3 Å². The van der Waals surface area contributed by atoms with E-state index in [1.54, 1.807) is 23.1 Å². The lowest BCUT2D eigenvalue weighted by Gasteiger charge is -2.42. The fourth-order valence-electron chi connectivity index (χ4n) is 5.15. The van der Waals surface area contributed by atoms with E-state index in [0.29, 0.717) is 17.1 Å². The predicted octanol–water partition coefficient (Wildman–Crippen LogP) is 3.65. The van der Waals surface area contributed by atoms with E-state index in [2.05, 4.69) is 20.7 Å². The van der Waals surface area contributed by atoms with E-state index < -0.39 is 10.8 Å². The van der Waals surface area contributed by atoms with Crippen LogP contribution in [-0.4, -0.2) is 29.5 Å². The van der Waals surface area contributed by atoms with Crippen molar-refractivity contribution in [2.75, 3.05) is 5.43 Å². The largest absolute Gasteiger partial charge is 0.295 e. The number of rotatable bonds is 3. The van der Waals surface area contributed by atoms with Gasteiger partial charge in [-0.2, -0.15) is 0 Å². The van der Waals surface area contributed by atoms with Crippen molar-refractivity contribution in [2.24, 2.45) is 5.92 Å². The molecule has 6 nitrogen and oxygen atoms in total. The first-order chi connectivity index (χ1) is 13.8. The minimum Gasteiger partial charge on any atom is -0.295 e. The average Bonchev–Trinajstić information content (AvgIpc) is 3.48. The highest BCUT2D eigenvalue weighted by atomic mass is 32.2. The van der Waals surface area contributed by atoms with Gasteiger partial charge in [-0.25, -0.2) is 14.6 Å². The number of fused-ring (bicyclic) bond motifs is 2. The molecule has 0 bridgehead atoms. The third kappa shape index (κ3) is 2.74. The molecule has 5 atom stereocenters. The first-order valence-corrected chi connectivity index (χ1v) is 13.0. The molecule has 148 valence electrons. The number of thiazole rings is 1. The summed E-state index contributed by atoms with van der Waals surface area (Å²) in [6.45, 7) is 0. The number of nitrogens with one attached hydrogen (secondary N) is 2. The third-order valence-corrected chi connectivity index (χ3v) is 10.9. The van der Waals surface area contributed by atoms with Crippen molar-refractivity contribution < 1.29 is 4.21 Å². The number of piperidine rings is 1. The number of imidazole rings is 1. The molecule has 28 heavy (non-hydrogen) atoms. The van der Waals surface area contributed by atoms with Gasteiger partial charge in [-0.05, 0) is 19.3 Å². The molecule has 9 heteroatoms. The van der Waals surface area contributed by atoms with Crippen LogP contribution in [0, 0.1) is 5.92 Å². The maximum atomic E-state index is 13.5. The highest BCUT2D eigenvalue weighted by molar-refractivity contribution is 8.17. The summed E-state index contributed by atoms with van der Waals surface area (Å²) in [4.78, 5) is 8.95. The van der Waals surface area contributed by atoms with Crippen LogP contribution in [0.5, 0.6) is 0 Å². The zero-order valence-electron chi connectivity index (χ0n) is 15.4. The molecule has 3 aliphatic heterocycles. The Morgan fingerprint density at radius 1 is 1.25 bits per heavy atom. The SMILES string of the molecule is O=[S@@](C1=C2Nn3cncc3C3CC(c4nccs4)NC(S1)C23)C1CCCCC1. The number of nitrogens with zero attached hydrogens (tertiary/aromatic N) is 3. The Morgan fingerprint density at radius 3 is 2.96 bits per heavy atom. The standard InChI is InChI=1S/C19H23N5OS3/c25-28(11-4-2-1-3-5-11)19-16-15-12(14-9-20-10-24(14)23-16)8-13(22-18(15)27-19)17-21-6-7-26-17/h6-7,9-13,15,18,22-23H,1-5,8H2/t12?,13?,15?,18?,28-/m1/s1. The molecule has 2 aromatic heterocycles. The molecule has 0 amide bonds. The van der Waals surface area contributed by atoms with Crippen molar-refractivity contribution in [1.82, 2.24) is 20.0 Å². The van der Waals surface area contributed by atoms with Crippen LogP contribution < -0.4 is 10.7 Å². The van der Waals surface area contributed by atoms with Gasteiger partial charge in [0.1, 0.15) is 11.3 Å². The maximum absolute atomic E-state index is 13.5. The quantitative estimate of drug-likeness (QED) is 0.770. The van der Waals surface area contributed by atoms with E-state index in [1.165, 1.54) is 30.7 Å². The maximum Gasteiger partial charge on any atom is 0.115 e. The molecular weight excluding hydrogens is 410 g/mol. The van der Waals surface area contributed by atoms with Crippen LogP contribution in [0.3, 0.4) is 0 Å². The second-order valence-corrected chi connectivity index (χ2v) is 12.1. The Balaban J connectivity index is 1.38. The minimum atomic E-state index is -0.929. The van der Waals surface area contributed by atoms with E-state index in [9.17, 15) is 4.21 Å². The topological polar surface area (TPSA) is 71.8 Å². The van der Waals surface area contributed by atoms with Crippen molar-refractivity contribution in [3.05, 3.63) is 44.7 Å². The molecule has 1 saturated heterocycles. The molecule has 2 aromatic rings.